The summed E-state index contributed by atoms with van der Waals surface area (Å²) in [5, 5.41) is 3.31. The highest BCUT2D eigenvalue weighted by Crippen LogP contribution is 2.55. The van der Waals surface area contributed by atoms with Crippen LogP contribution < -0.4 is 14.8 Å². The molecular weight excluding hydrogens is 472 g/mol. The van der Waals surface area contributed by atoms with Gasteiger partial charge < -0.3 is 10.1 Å². The number of hydrogen-bond donors (Lipinski definition) is 2. The molecule has 4 aliphatic rings. The summed E-state index contributed by atoms with van der Waals surface area (Å²) >= 11 is 6.04. The Bertz CT molecular complexity index is 1140. The first-order valence-electron chi connectivity index (χ1n) is 12.0. The van der Waals surface area contributed by atoms with E-state index in [0.29, 0.717) is 52.0 Å². The maximum atomic E-state index is 13.2. The van der Waals surface area contributed by atoms with E-state index < -0.39 is 10.0 Å². The molecule has 6 nitrogen and oxygen atoms in total. The van der Waals surface area contributed by atoms with Crippen molar-refractivity contribution in [2.75, 3.05) is 13.7 Å². The number of nitrogens with one attached hydrogen (secondary N) is 2. The van der Waals surface area contributed by atoms with Crippen LogP contribution in [-0.2, 0) is 16.4 Å². The molecule has 6 rings (SSSR count). The number of benzene rings is 2. The number of amides is 1. The second-order valence-electron chi connectivity index (χ2n) is 10.3. The normalized spacial score (nSPS) is 27.5. The Labute approximate surface area is 206 Å². The van der Waals surface area contributed by atoms with Crippen LogP contribution in [0, 0.1) is 17.8 Å². The molecule has 0 spiro atoms. The molecule has 1 amide bonds. The van der Waals surface area contributed by atoms with E-state index in [9.17, 15) is 13.2 Å². The highest BCUT2D eigenvalue weighted by molar-refractivity contribution is 7.89. The summed E-state index contributed by atoms with van der Waals surface area (Å²) in [6, 6.07) is 11.9. The van der Waals surface area contributed by atoms with Crippen molar-refractivity contribution < 1.29 is 17.9 Å². The van der Waals surface area contributed by atoms with Gasteiger partial charge in [-0.05, 0) is 98.6 Å². The molecule has 4 aliphatic carbocycles. The van der Waals surface area contributed by atoms with Crippen LogP contribution >= 0.6 is 11.6 Å². The quantitative estimate of drug-likeness (QED) is 0.554. The van der Waals surface area contributed by atoms with Gasteiger partial charge in [0, 0.05) is 22.7 Å². The number of halogens is 1. The molecule has 2 aromatic carbocycles. The summed E-state index contributed by atoms with van der Waals surface area (Å²) in [7, 11) is -2.04. The van der Waals surface area contributed by atoms with Gasteiger partial charge in [-0.2, -0.15) is 0 Å². The summed E-state index contributed by atoms with van der Waals surface area (Å²) in [5.74, 6) is 2.33. The topological polar surface area (TPSA) is 84.5 Å². The van der Waals surface area contributed by atoms with Crippen molar-refractivity contribution in [3.8, 4) is 5.75 Å². The van der Waals surface area contributed by atoms with E-state index in [1.54, 1.807) is 30.3 Å². The van der Waals surface area contributed by atoms with Gasteiger partial charge in [0.1, 0.15) is 5.75 Å². The molecule has 0 aliphatic heterocycles. The number of carbonyl (C=O) groups is 1. The van der Waals surface area contributed by atoms with Crippen LogP contribution in [0.2, 0.25) is 5.02 Å². The van der Waals surface area contributed by atoms with Crippen molar-refractivity contribution in [3.63, 3.8) is 0 Å². The van der Waals surface area contributed by atoms with Crippen LogP contribution in [0.4, 0.5) is 0 Å². The van der Waals surface area contributed by atoms with Crippen molar-refractivity contribution in [3.05, 3.63) is 58.6 Å². The van der Waals surface area contributed by atoms with Crippen LogP contribution in [0.15, 0.2) is 47.4 Å². The van der Waals surface area contributed by atoms with Gasteiger partial charge >= 0.3 is 0 Å². The zero-order chi connectivity index (χ0) is 23.9. The standard InChI is InChI=1S/C26H31ClN2O4S/c1-33-23-12-21(11-22(27)13-23)25(30)28-7-6-17-2-4-24(5-3-17)34(31,32)29-26-14-18-8-19(15-26)10-20(9-18)16-26/h2-5,11-13,18-20,29H,6-10,14-16H2,1H3,(H,28,30). The van der Waals surface area contributed by atoms with Gasteiger partial charge in [0.15, 0.2) is 0 Å². The lowest BCUT2D eigenvalue weighted by atomic mass is 9.53. The van der Waals surface area contributed by atoms with E-state index in [1.807, 2.05) is 12.1 Å². The van der Waals surface area contributed by atoms with Crippen molar-refractivity contribution >= 4 is 27.5 Å². The van der Waals surface area contributed by atoms with Crippen molar-refractivity contribution in [1.82, 2.24) is 10.0 Å². The monoisotopic (exact) mass is 502 g/mol. The Morgan fingerprint density at radius 1 is 1.03 bits per heavy atom. The number of rotatable bonds is 8. The summed E-state index contributed by atoms with van der Waals surface area (Å²) in [5.41, 5.74) is 1.14. The third kappa shape index (κ3) is 4.97. The van der Waals surface area contributed by atoms with Gasteiger partial charge in [-0.15, -0.1) is 0 Å². The Hall–Kier alpha value is -2.09. The molecule has 4 saturated carbocycles. The van der Waals surface area contributed by atoms with Crippen LogP contribution in [0.5, 0.6) is 5.75 Å². The fourth-order valence-electron chi connectivity index (χ4n) is 6.65. The second kappa shape index (κ2) is 9.17. The lowest BCUT2D eigenvalue weighted by molar-refractivity contribution is -0.00810. The molecule has 2 N–H and O–H groups in total. The molecule has 4 fully saturated rings. The fraction of sp³-hybridized carbons (Fsp3) is 0.500. The van der Waals surface area contributed by atoms with E-state index in [2.05, 4.69) is 10.0 Å². The molecule has 0 unspecified atom stereocenters. The lowest BCUT2D eigenvalue weighted by Crippen LogP contribution is -2.59. The van der Waals surface area contributed by atoms with Gasteiger partial charge in [0.2, 0.25) is 10.0 Å². The van der Waals surface area contributed by atoms with E-state index >= 15 is 0 Å². The largest absolute Gasteiger partial charge is 0.497 e. The third-order valence-corrected chi connectivity index (χ3v) is 9.50. The Morgan fingerprint density at radius 3 is 2.24 bits per heavy atom. The van der Waals surface area contributed by atoms with Gasteiger partial charge in [-0.3, -0.25) is 4.79 Å². The zero-order valence-electron chi connectivity index (χ0n) is 19.3. The molecule has 34 heavy (non-hydrogen) atoms. The summed E-state index contributed by atoms with van der Waals surface area (Å²) < 4.78 is 34.6. The first-order chi connectivity index (χ1) is 16.2. The minimum absolute atomic E-state index is 0.236. The summed E-state index contributed by atoms with van der Waals surface area (Å²) in [6.45, 7) is 0.422. The van der Waals surface area contributed by atoms with Gasteiger partial charge in [-0.25, -0.2) is 13.1 Å². The molecule has 0 heterocycles. The molecule has 182 valence electrons. The molecule has 0 radical (unpaired) electrons. The van der Waals surface area contributed by atoms with Gasteiger partial charge in [0.05, 0.1) is 12.0 Å². The SMILES string of the molecule is COc1cc(Cl)cc(C(=O)NCCc2ccc(S(=O)(=O)NC34CC5CC(CC(C5)C3)C4)cc2)c1. The Balaban J connectivity index is 1.18. The highest BCUT2D eigenvalue weighted by Gasteiger charge is 2.52. The fourth-order valence-corrected chi connectivity index (χ4v) is 8.31. The molecule has 0 aromatic heterocycles. The van der Waals surface area contributed by atoms with Crippen molar-refractivity contribution in [1.29, 1.82) is 0 Å². The molecule has 8 heteroatoms. The first kappa shape index (κ1) is 23.6. The smallest absolute Gasteiger partial charge is 0.251 e. The number of hydrogen-bond acceptors (Lipinski definition) is 4. The van der Waals surface area contributed by atoms with Gasteiger partial charge in [-0.1, -0.05) is 23.7 Å². The third-order valence-electron chi connectivity index (χ3n) is 7.69. The number of sulfonamides is 1. The molecule has 0 saturated heterocycles. The average molecular weight is 503 g/mol. The summed E-state index contributed by atoms with van der Waals surface area (Å²) in [4.78, 5) is 12.7. The Morgan fingerprint density at radius 2 is 1.65 bits per heavy atom. The molecule has 4 bridgehead atoms. The highest BCUT2D eigenvalue weighted by atomic mass is 35.5. The van der Waals surface area contributed by atoms with E-state index in [-0.39, 0.29) is 11.4 Å². The maximum absolute atomic E-state index is 13.2. The Kier molecular flexibility index (Phi) is 6.38. The second-order valence-corrected chi connectivity index (χ2v) is 12.5. The van der Waals surface area contributed by atoms with Gasteiger partial charge in [0.25, 0.3) is 5.91 Å². The minimum Gasteiger partial charge on any atom is -0.497 e. The van der Waals surface area contributed by atoms with E-state index in [1.165, 1.54) is 26.4 Å². The number of ether oxygens (including phenoxy) is 1. The van der Waals surface area contributed by atoms with Crippen molar-refractivity contribution in [2.45, 2.75) is 55.4 Å². The molecule has 0 atom stereocenters. The molecule has 2 aromatic rings. The maximum Gasteiger partial charge on any atom is 0.251 e. The van der Waals surface area contributed by atoms with E-state index in [4.69, 9.17) is 16.3 Å². The summed E-state index contributed by atoms with van der Waals surface area (Å²) in [6.07, 6.45) is 7.36. The number of methoxy groups -OCH3 is 1. The minimum atomic E-state index is -3.56. The molecular formula is C26H31ClN2O4S. The number of carbonyl (C=O) groups excluding carboxylic acids is 1. The lowest BCUT2D eigenvalue weighted by Gasteiger charge is -2.56. The van der Waals surface area contributed by atoms with Crippen LogP contribution in [-0.4, -0.2) is 33.5 Å². The van der Waals surface area contributed by atoms with Crippen LogP contribution in [0.25, 0.3) is 0 Å². The average Bonchev–Trinajstić information content (AvgIpc) is 2.77. The first-order valence-corrected chi connectivity index (χ1v) is 13.9. The van der Waals surface area contributed by atoms with Crippen LogP contribution in [0.1, 0.15) is 54.4 Å². The van der Waals surface area contributed by atoms with E-state index in [0.717, 1.165) is 24.8 Å². The van der Waals surface area contributed by atoms with Crippen molar-refractivity contribution in [2.24, 2.45) is 17.8 Å². The van der Waals surface area contributed by atoms with Crippen LogP contribution in [0.3, 0.4) is 0 Å². The predicted octanol–water partition coefficient (Wildman–Crippen LogP) is 4.57. The zero-order valence-corrected chi connectivity index (χ0v) is 20.9. The predicted molar refractivity (Wildman–Crippen MR) is 132 cm³/mol.